The van der Waals surface area contributed by atoms with Crippen LogP contribution in [0.2, 0.25) is 0 Å². The van der Waals surface area contributed by atoms with E-state index >= 15 is 0 Å². The monoisotopic (exact) mass is 276 g/mol. The second-order valence-electron chi connectivity index (χ2n) is 5.03. The predicted octanol–water partition coefficient (Wildman–Crippen LogP) is 1.84. The molecular weight excluding hydrogens is 256 g/mol. The number of methoxy groups -OCH3 is 1. The molecule has 1 saturated heterocycles. The molecule has 1 heterocycles. The summed E-state index contributed by atoms with van der Waals surface area (Å²) >= 11 is 0. The van der Waals surface area contributed by atoms with Crippen LogP contribution in [0, 0.1) is 6.92 Å². The van der Waals surface area contributed by atoms with Gasteiger partial charge in [-0.1, -0.05) is 29.8 Å². The van der Waals surface area contributed by atoms with E-state index in [4.69, 9.17) is 4.74 Å². The van der Waals surface area contributed by atoms with Crippen molar-refractivity contribution in [1.82, 2.24) is 10.2 Å². The summed E-state index contributed by atoms with van der Waals surface area (Å²) in [4.78, 5) is 25.2. The highest BCUT2D eigenvalue weighted by Crippen LogP contribution is 2.18. The fourth-order valence-electron chi connectivity index (χ4n) is 2.50. The SMILES string of the molecule is COC(=O)N1CCCC1C(=O)NCc1cccc(C)c1. The lowest BCUT2D eigenvalue weighted by atomic mass is 10.1. The molecule has 0 radical (unpaired) electrons. The molecular formula is C15H20N2O3. The van der Waals surface area contributed by atoms with Gasteiger partial charge < -0.3 is 10.1 Å². The summed E-state index contributed by atoms with van der Waals surface area (Å²) in [5.41, 5.74) is 2.22. The molecule has 1 unspecified atom stereocenters. The second kappa shape index (κ2) is 6.41. The largest absolute Gasteiger partial charge is 0.453 e. The number of rotatable bonds is 3. The van der Waals surface area contributed by atoms with Crippen LogP contribution in [0.5, 0.6) is 0 Å². The lowest BCUT2D eigenvalue weighted by Gasteiger charge is -2.22. The van der Waals surface area contributed by atoms with Gasteiger partial charge in [-0.2, -0.15) is 0 Å². The van der Waals surface area contributed by atoms with Gasteiger partial charge in [-0.25, -0.2) is 4.79 Å². The summed E-state index contributed by atoms with van der Waals surface area (Å²) in [5.74, 6) is -0.116. The Morgan fingerprint density at radius 2 is 2.25 bits per heavy atom. The lowest BCUT2D eigenvalue weighted by molar-refractivity contribution is -0.125. The van der Waals surface area contributed by atoms with Gasteiger partial charge in [0.25, 0.3) is 0 Å². The van der Waals surface area contributed by atoms with E-state index in [-0.39, 0.29) is 5.91 Å². The zero-order chi connectivity index (χ0) is 14.5. The first-order valence-corrected chi connectivity index (χ1v) is 6.79. The molecule has 1 aliphatic heterocycles. The molecule has 0 aliphatic carbocycles. The average Bonchev–Trinajstić information content (AvgIpc) is 2.93. The van der Waals surface area contributed by atoms with Crippen LogP contribution >= 0.6 is 0 Å². The highest BCUT2D eigenvalue weighted by Gasteiger charge is 2.34. The summed E-state index contributed by atoms with van der Waals surface area (Å²) in [6, 6.07) is 7.58. The smallest absolute Gasteiger partial charge is 0.410 e. The zero-order valence-corrected chi connectivity index (χ0v) is 11.9. The first-order valence-electron chi connectivity index (χ1n) is 6.79. The maximum absolute atomic E-state index is 12.2. The van der Waals surface area contributed by atoms with Crippen molar-refractivity contribution in [2.24, 2.45) is 0 Å². The lowest BCUT2D eigenvalue weighted by Crippen LogP contribution is -2.45. The Labute approximate surface area is 118 Å². The number of likely N-dealkylation sites (tertiary alicyclic amines) is 1. The van der Waals surface area contributed by atoms with E-state index in [2.05, 4.69) is 5.32 Å². The van der Waals surface area contributed by atoms with Crippen LogP contribution in [0.15, 0.2) is 24.3 Å². The fraction of sp³-hybridized carbons (Fsp3) is 0.467. The van der Waals surface area contributed by atoms with E-state index in [1.165, 1.54) is 12.0 Å². The normalized spacial score (nSPS) is 17.9. The molecule has 0 saturated carbocycles. The van der Waals surface area contributed by atoms with Crippen molar-refractivity contribution in [2.45, 2.75) is 32.4 Å². The Morgan fingerprint density at radius 1 is 1.45 bits per heavy atom. The number of aryl methyl sites for hydroxylation is 1. The summed E-state index contributed by atoms with van der Waals surface area (Å²) < 4.78 is 4.70. The van der Waals surface area contributed by atoms with Crippen molar-refractivity contribution in [1.29, 1.82) is 0 Å². The fourth-order valence-corrected chi connectivity index (χ4v) is 2.50. The first kappa shape index (κ1) is 14.4. The van der Waals surface area contributed by atoms with Gasteiger partial charge in [0.15, 0.2) is 0 Å². The summed E-state index contributed by atoms with van der Waals surface area (Å²) in [6.45, 7) is 3.07. The maximum Gasteiger partial charge on any atom is 0.410 e. The zero-order valence-electron chi connectivity index (χ0n) is 11.9. The van der Waals surface area contributed by atoms with Crippen molar-refractivity contribution in [2.75, 3.05) is 13.7 Å². The Bertz CT molecular complexity index is 502. The molecule has 5 heteroatoms. The second-order valence-corrected chi connectivity index (χ2v) is 5.03. The van der Waals surface area contributed by atoms with Gasteiger partial charge in [-0.3, -0.25) is 9.69 Å². The number of nitrogens with zero attached hydrogens (tertiary/aromatic N) is 1. The van der Waals surface area contributed by atoms with Crippen molar-refractivity contribution >= 4 is 12.0 Å². The van der Waals surface area contributed by atoms with Crippen LogP contribution in [0.25, 0.3) is 0 Å². The molecule has 1 atom stereocenters. The molecule has 0 aromatic heterocycles. The van der Waals surface area contributed by atoms with Crippen molar-refractivity contribution in [3.63, 3.8) is 0 Å². The Balaban J connectivity index is 1.93. The van der Waals surface area contributed by atoms with E-state index < -0.39 is 12.1 Å². The number of carbonyl (C=O) groups is 2. The Morgan fingerprint density at radius 3 is 2.95 bits per heavy atom. The molecule has 0 bridgehead atoms. The van der Waals surface area contributed by atoms with Crippen molar-refractivity contribution in [3.05, 3.63) is 35.4 Å². The molecule has 1 aliphatic rings. The third-order valence-corrected chi connectivity index (χ3v) is 3.51. The molecule has 1 aromatic carbocycles. The van der Waals surface area contributed by atoms with E-state index in [1.807, 2.05) is 31.2 Å². The van der Waals surface area contributed by atoms with Crippen molar-refractivity contribution in [3.8, 4) is 0 Å². The van der Waals surface area contributed by atoms with E-state index in [9.17, 15) is 9.59 Å². The van der Waals surface area contributed by atoms with Crippen molar-refractivity contribution < 1.29 is 14.3 Å². The van der Waals surface area contributed by atoms with Gasteiger partial charge >= 0.3 is 6.09 Å². The average molecular weight is 276 g/mol. The third kappa shape index (κ3) is 3.29. The molecule has 5 nitrogen and oxygen atoms in total. The number of carbonyl (C=O) groups excluding carboxylic acids is 2. The van der Waals surface area contributed by atoms with Crippen LogP contribution in [-0.2, 0) is 16.1 Å². The standard InChI is InChI=1S/C15H20N2O3/c1-11-5-3-6-12(9-11)10-16-14(18)13-7-4-8-17(13)15(19)20-2/h3,5-6,9,13H,4,7-8,10H2,1-2H3,(H,16,18). The highest BCUT2D eigenvalue weighted by molar-refractivity contribution is 5.86. The minimum absolute atomic E-state index is 0.116. The van der Waals surface area contributed by atoms with Gasteiger partial charge in [0, 0.05) is 13.1 Å². The van der Waals surface area contributed by atoms with E-state index in [0.717, 1.165) is 17.5 Å². The number of amides is 2. The molecule has 20 heavy (non-hydrogen) atoms. The van der Waals surface area contributed by atoms with Gasteiger partial charge in [0.2, 0.25) is 5.91 Å². The predicted molar refractivity (Wildman–Crippen MR) is 75.2 cm³/mol. The maximum atomic E-state index is 12.2. The van der Waals surface area contributed by atoms with E-state index in [0.29, 0.717) is 19.5 Å². The minimum Gasteiger partial charge on any atom is -0.453 e. The molecule has 1 fully saturated rings. The molecule has 1 N–H and O–H groups in total. The Hall–Kier alpha value is -2.04. The molecule has 2 amide bonds. The summed E-state index contributed by atoms with van der Waals surface area (Å²) in [6.07, 6.45) is 1.09. The van der Waals surface area contributed by atoms with Crippen LogP contribution in [-0.4, -0.2) is 36.6 Å². The molecule has 0 spiro atoms. The van der Waals surface area contributed by atoms with Crippen LogP contribution < -0.4 is 5.32 Å². The third-order valence-electron chi connectivity index (χ3n) is 3.51. The van der Waals surface area contributed by atoms with Gasteiger partial charge in [0.1, 0.15) is 6.04 Å². The van der Waals surface area contributed by atoms with E-state index in [1.54, 1.807) is 0 Å². The number of hydrogen-bond donors (Lipinski definition) is 1. The number of ether oxygens (including phenoxy) is 1. The van der Waals surface area contributed by atoms with Crippen LogP contribution in [0.1, 0.15) is 24.0 Å². The Kier molecular flexibility index (Phi) is 4.61. The number of nitrogens with one attached hydrogen (secondary N) is 1. The summed E-state index contributed by atoms with van der Waals surface area (Å²) in [5, 5.41) is 2.89. The number of benzene rings is 1. The topological polar surface area (TPSA) is 58.6 Å². The van der Waals surface area contributed by atoms with Gasteiger partial charge in [0.05, 0.1) is 7.11 Å². The number of hydrogen-bond acceptors (Lipinski definition) is 3. The molecule has 2 rings (SSSR count). The minimum atomic E-state index is -0.432. The molecule has 1 aromatic rings. The summed E-state index contributed by atoms with van der Waals surface area (Å²) in [7, 11) is 1.34. The van der Waals surface area contributed by atoms with Crippen LogP contribution in [0.4, 0.5) is 4.79 Å². The van der Waals surface area contributed by atoms with Gasteiger partial charge in [-0.15, -0.1) is 0 Å². The first-order chi connectivity index (χ1) is 9.61. The quantitative estimate of drug-likeness (QED) is 0.916. The van der Waals surface area contributed by atoms with Crippen LogP contribution in [0.3, 0.4) is 0 Å². The molecule has 108 valence electrons. The van der Waals surface area contributed by atoms with Gasteiger partial charge in [-0.05, 0) is 25.3 Å². The highest BCUT2D eigenvalue weighted by atomic mass is 16.5.